The molecule has 11 heteroatoms. The number of carbonyl (C=O) groups excluding carboxylic acids is 1. The highest BCUT2D eigenvalue weighted by atomic mass is 32.1. The highest BCUT2D eigenvalue weighted by Crippen LogP contribution is 2.40. The lowest BCUT2D eigenvalue weighted by molar-refractivity contribution is 0.0637. The predicted octanol–water partition coefficient (Wildman–Crippen LogP) is 3.31. The van der Waals surface area contributed by atoms with Gasteiger partial charge in [-0.1, -0.05) is 0 Å². The summed E-state index contributed by atoms with van der Waals surface area (Å²) in [5, 5.41) is 9.12. The second-order valence-electron chi connectivity index (χ2n) is 7.19. The molecule has 1 aromatic carbocycles. The predicted molar refractivity (Wildman–Crippen MR) is 96.7 cm³/mol. The van der Waals surface area contributed by atoms with Gasteiger partial charge in [0, 0.05) is 24.6 Å². The first-order valence-electron chi connectivity index (χ1n) is 9.16. The number of hydrogen-bond donors (Lipinski definition) is 0. The van der Waals surface area contributed by atoms with Crippen molar-refractivity contribution >= 4 is 17.4 Å². The molecule has 7 nitrogen and oxygen atoms in total. The maximum absolute atomic E-state index is 13.5. The first-order chi connectivity index (χ1) is 13.9. The van der Waals surface area contributed by atoms with E-state index in [0.29, 0.717) is 41.3 Å². The molecule has 2 aromatic heterocycles. The van der Waals surface area contributed by atoms with Crippen LogP contribution in [0, 0.1) is 17.5 Å². The Morgan fingerprint density at radius 3 is 2.55 bits per heavy atom. The van der Waals surface area contributed by atoms with Crippen molar-refractivity contribution in [2.75, 3.05) is 6.54 Å². The fraction of sp³-hybridized carbons (Fsp3) is 0.389. The quantitative estimate of drug-likeness (QED) is 0.608. The molecule has 3 heterocycles. The minimum atomic E-state index is -1.60. The fourth-order valence-electron chi connectivity index (χ4n) is 3.50. The second kappa shape index (κ2) is 6.61. The number of benzene rings is 1. The summed E-state index contributed by atoms with van der Waals surface area (Å²) in [6.07, 6.45) is 2.21. The third kappa shape index (κ3) is 3.00. The molecule has 150 valence electrons. The van der Waals surface area contributed by atoms with E-state index in [9.17, 15) is 18.0 Å². The Morgan fingerprint density at radius 2 is 1.86 bits per heavy atom. The third-order valence-corrected chi connectivity index (χ3v) is 5.98. The van der Waals surface area contributed by atoms with Gasteiger partial charge in [-0.25, -0.2) is 18.2 Å². The van der Waals surface area contributed by atoms with Crippen molar-refractivity contribution in [2.24, 2.45) is 0 Å². The van der Waals surface area contributed by atoms with Crippen molar-refractivity contribution in [3.8, 4) is 10.8 Å². The largest absolute Gasteiger partial charge is 0.327 e. The van der Waals surface area contributed by atoms with Crippen LogP contribution in [0.1, 0.15) is 53.7 Å². The number of aromatic nitrogens is 5. The number of amides is 1. The van der Waals surface area contributed by atoms with Crippen LogP contribution in [-0.2, 0) is 6.54 Å². The highest BCUT2D eigenvalue weighted by Gasteiger charge is 2.34. The Kier molecular flexibility index (Phi) is 4.16. The maximum atomic E-state index is 13.5. The van der Waals surface area contributed by atoms with Crippen molar-refractivity contribution in [1.29, 1.82) is 0 Å². The maximum Gasteiger partial charge on any atom is 0.254 e. The standard InChI is InChI=1S/C18H15F3N6OS/c1-8-15-23-24-16(17-22-14(25-29-17)9-2-3-9)27(15)5-4-26(8)18(28)10-6-11(19)13(21)12(20)7-10/h6-9H,2-5H2,1H3/t8-/m1/s1. The molecule has 0 spiro atoms. The van der Waals surface area contributed by atoms with Gasteiger partial charge < -0.3 is 9.47 Å². The summed E-state index contributed by atoms with van der Waals surface area (Å²) in [6.45, 7) is 2.44. The molecule has 29 heavy (non-hydrogen) atoms. The lowest BCUT2D eigenvalue weighted by atomic mass is 10.1. The average Bonchev–Trinajstić information content (AvgIpc) is 3.27. The van der Waals surface area contributed by atoms with E-state index in [1.165, 1.54) is 16.4 Å². The zero-order valence-corrected chi connectivity index (χ0v) is 16.1. The zero-order valence-electron chi connectivity index (χ0n) is 15.3. The van der Waals surface area contributed by atoms with Crippen LogP contribution in [0.15, 0.2) is 12.1 Å². The molecular weight excluding hydrogens is 405 g/mol. The van der Waals surface area contributed by atoms with Crippen LogP contribution in [0.5, 0.6) is 0 Å². The van der Waals surface area contributed by atoms with Gasteiger partial charge in [0.2, 0.25) is 0 Å². The fourth-order valence-corrected chi connectivity index (χ4v) is 4.24. The summed E-state index contributed by atoms with van der Waals surface area (Å²) in [5.41, 5.74) is -0.250. The molecular formula is C18H15F3N6OS. The van der Waals surface area contributed by atoms with Gasteiger partial charge in [-0.3, -0.25) is 4.79 Å². The molecule has 0 unspecified atom stereocenters. The van der Waals surface area contributed by atoms with Crippen LogP contribution >= 0.6 is 11.5 Å². The van der Waals surface area contributed by atoms with Gasteiger partial charge in [0.1, 0.15) is 5.82 Å². The minimum absolute atomic E-state index is 0.250. The summed E-state index contributed by atoms with van der Waals surface area (Å²) in [5.74, 6) is -2.57. The van der Waals surface area contributed by atoms with E-state index in [4.69, 9.17) is 0 Å². The Bertz CT molecular complexity index is 1100. The number of rotatable bonds is 3. The van der Waals surface area contributed by atoms with Crippen LogP contribution < -0.4 is 0 Å². The van der Waals surface area contributed by atoms with Crippen LogP contribution in [0.2, 0.25) is 0 Å². The Morgan fingerprint density at radius 1 is 1.14 bits per heavy atom. The van der Waals surface area contributed by atoms with Crippen LogP contribution in [0.4, 0.5) is 13.2 Å². The lowest BCUT2D eigenvalue weighted by Gasteiger charge is -2.33. The molecule has 5 rings (SSSR count). The first-order valence-corrected chi connectivity index (χ1v) is 9.94. The van der Waals surface area contributed by atoms with Crippen molar-refractivity contribution in [3.63, 3.8) is 0 Å². The summed E-state index contributed by atoms with van der Waals surface area (Å²) in [4.78, 5) is 18.8. The molecule has 0 N–H and O–H groups in total. The molecule has 2 aliphatic rings. The number of carbonyl (C=O) groups is 1. The molecule has 0 bridgehead atoms. The molecule has 0 saturated heterocycles. The molecule has 1 saturated carbocycles. The van der Waals surface area contributed by atoms with Gasteiger partial charge in [-0.2, -0.15) is 4.37 Å². The van der Waals surface area contributed by atoms with Crippen molar-refractivity contribution in [1.82, 2.24) is 29.0 Å². The number of hydrogen-bond acceptors (Lipinski definition) is 6. The monoisotopic (exact) mass is 420 g/mol. The molecule has 1 aliphatic heterocycles. The van der Waals surface area contributed by atoms with Crippen molar-refractivity contribution in [3.05, 3.63) is 46.8 Å². The first kappa shape index (κ1) is 18.2. The number of fused-ring (bicyclic) bond motifs is 1. The van der Waals surface area contributed by atoms with Gasteiger partial charge in [0.25, 0.3) is 5.91 Å². The van der Waals surface area contributed by atoms with Gasteiger partial charge in [-0.05, 0) is 43.4 Å². The Labute approximate surface area is 167 Å². The van der Waals surface area contributed by atoms with Gasteiger partial charge in [0.15, 0.2) is 34.1 Å². The minimum Gasteiger partial charge on any atom is -0.327 e. The van der Waals surface area contributed by atoms with Crippen LogP contribution in [-0.4, -0.2) is 41.5 Å². The molecule has 1 atom stereocenters. The van der Waals surface area contributed by atoms with E-state index in [0.717, 1.165) is 18.7 Å². The van der Waals surface area contributed by atoms with E-state index < -0.39 is 29.4 Å². The Balaban J connectivity index is 1.43. The number of halogens is 3. The summed E-state index contributed by atoms with van der Waals surface area (Å²) < 4.78 is 46.5. The van der Waals surface area contributed by atoms with Crippen LogP contribution in [0.25, 0.3) is 10.8 Å². The molecule has 0 radical (unpaired) electrons. The van der Waals surface area contributed by atoms with Gasteiger partial charge >= 0.3 is 0 Å². The third-order valence-electron chi connectivity index (χ3n) is 5.25. The van der Waals surface area contributed by atoms with E-state index in [1.54, 1.807) is 6.92 Å². The highest BCUT2D eigenvalue weighted by molar-refractivity contribution is 7.09. The molecule has 1 amide bonds. The average molecular weight is 420 g/mol. The van der Waals surface area contributed by atoms with Crippen LogP contribution in [0.3, 0.4) is 0 Å². The second-order valence-corrected chi connectivity index (χ2v) is 7.95. The van der Waals surface area contributed by atoms with Crippen molar-refractivity contribution in [2.45, 2.75) is 38.3 Å². The van der Waals surface area contributed by atoms with Crippen molar-refractivity contribution < 1.29 is 18.0 Å². The summed E-state index contributed by atoms with van der Waals surface area (Å²) in [6, 6.07) is 0.932. The summed E-state index contributed by atoms with van der Waals surface area (Å²) >= 11 is 1.27. The SMILES string of the molecule is C[C@@H]1c2nnc(-c3nc(C4CC4)ns3)n2CCN1C(=O)c1cc(F)c(F)c(F)c1. The zero-order chi connectivity index (χ0) is 20.3. The topological polar surface area (TPSA) is 76.8 Å². The van der Waals surface area contributed by atoms with E-state index in [1.807, 2.05) is 4.57 Å². The van der Waals surface area contributed by atoms with Gasteiger partial charge in [0.05, 0.1) is 6.04 Å². The molecule has 1 fully saturated rings. The van der Waals surface area contributed by atoms with E-state index in [2.05, 4.69) is 19.6 Å². The normalized spacial score (nSPS) is 18.8. The number of nitrogens with zero attached hydrogens (tertiary/aromatic N) is 6. The molecule has 3 aromatic rings. The van der Waals surface area contributed by atoms with Gasteiger partial charge in [-0.15, -0.1) is 10.2 Å². The smallest absolute Gasteiger partial charge is 0.254 e. The lowest BCUT2D eigenvalue weighted by Crippen LogP contribution is -2.41. The van der Waals surface area contributed by atoms with E-state index >= 15 is 0 Å². The molecule has 1 aliphatic carbocycles. The van der Waals surface area contributed by atoms with E-state index in [-0.39, 0.29) is 12.1 Å². The summed E-state index contributed by atoms with van der Waals surface area (Å²) in [7, 11) is 0. The Hall–Kier alpha value is -2.82.